The van der Waals surface area contributed by atoms with Crippen molar-refractivity contribution in [2.24, 2.45) is 4.99 Å². The minimum Gasteiger partial charge on any atom is -0.342 e. The van der Waals surface area contributed by atoms with Crippen molar-refractivity contribution in [2.45, 2.75) is 11.3 Å². The van der Waals surface area contributed by atoms with E-state index in [0.29, 0.717) is 11.7 Å². The molecule has 0 aliphatic carbocycles. The molecule has 2 fully saturated rings. The topological polar surface area (TPSA) is 66.8 Å². The first kappa shape index (κ1) is 13.9. The molecule has 0 spiro atoms. The van der Waals surface area contributed by atoms with Gasteiger partial charge in [0.25, 0.3) is 5.91 Å². The van der Waals surface area contributed by atoms with E-state index >= 15 is 0 Å². The molecule has 2 atom stereocenters. The third-order valence-corrected chi connectivity index (χ3v) is 6.31. The number of nitrogens with zero attached hydrogens (tertiary/aromatic N) is 2. The zero-order chi connectivity index (χ0) is 13.3. The number of thioether (sulfide) groups is 1. The van der Waals surface area contributed by atoms with E-state index in [1.165, 1.54) is 11.8 Å². The van der Waals surface area contributed by atoms with E-state index < -0.39 is 15.7 Å². The number of aliphatic imine (C=N–C) groups is 1. The molecule has 2 saturated heterocycles. The van der Waals surface area contributed by atoms with Gasteiger partial charge in [0.2, 0.25) is 0 Å². The Bertz CT molecular complexity index is 503. The third-order valence-electron chi connectivity index (χ3n) is 2.84. The molecule has 18 heavy (non-hydrogen) atoms. The van der Waals surface area contributed by atoms with E-state index in [2.05, 4.69) is 11.6 Å². The van der Waals surface area contributed by atoms with Crippen LogP contribution >= 0.6 is 23.4 Å². The van der Waals surface area contributed by atoms with Crippen LogP contribution in [0.5, 0.6) is 0 Å². The van der Waals surface area contributed by atoms with E-state index in [4.69, 9.17) is 11.6 Å². The average molecular weight is 309 g/mol. The van der Waals surface area contributed by atoms with Crippen LogP contribution < -0.4 is 0 Å². The Labute approximate surface area is 115 Å². The zero-order valence-corrected chi connectivity index (χ0v) is 12.0. The molecule has 0 aromatic heterocycles. The Kier molecular flexibility index (Phi) is 4.03. The van der Waals surface area contributed by atoms with E-state index in [0.717, 1.165) is 0 Å². The molecule has 8 heteroatoms. The van der Waals surface area contributed by atoms with Gasteiger partial charge < -0.3 is 4.90 Å². The number of rotatable bonds is 3. The number of sulfone groups is 1. The Balaban J connectivity index is 2.24. The number of carbonyl (C=O) groups is 1. The Morgan fingerprint density at radius 3 is 2.94 bits per heavy atom. The van der Waals surface area contributed by atoms with Gasteiger partial charge >= 0.3 is 0 Å². The predicted octanol–water partition coefficient (Wildman–Crippen LogP) is 0.508. The van der Waals surface area contributed by atoms with Crippen LogP contribution in [0, 0.1) is 0 Å². The molecular formula is C10H13ClN2O3S2. The number of halogens is 1. The van der Waals surface area contributed by atoms with Crippen LogP contribution in [-0.2, 0) is 14.6 Å². The molecular weight excluding hydrogens is 296 g/mol. The maximum Gasteiger partial charge on any atom is 0.262 e. The van der Waals surface area contributed by atoms with Crippen LogP contribution in [0.25, 0.3) is 0 Å². The molecule has 0 radical (unpaired) electrons. The highest BCUT2D eigenvalue weighted by molar-refractivity contribution is 8.15. The fourth-order valence-electron chi connectivity index (χ4n) is 2.12. The molecule has 1 amide bonds. The number of hydrogen-bond donors (Lipinski definition) is 0. The van der Waals surface area contributed by atoms with Gasteiger partial charge in [-0.1, -0.05) is 17.8 Å². The molecule has 100 valence electrons. The first-order valence-corrected chi connectivity index (χ1v) is 8.62. The quantitative estimate of drug-likeness (QED) is 0.561. The SMILES string of the molecule is C=CCN1C(=NC(=O)CCl)S[C@H]2CS(=O)(=O)C[C@@H]21. The molecule has 2 aliphatic heterocycles. The molecule has 0 N–H and O–H groups in total. The van der Waals surface area contributed by atoms with Crippen molar-refractivity contribution >= 4 is 44.3 Å². The molecule has 0 saturated carbocycles. The van der Waals surface area contributed by atoms with Gasteiger partial charge in [-0.05, 0) is 0 Å². The van der Waals surface area contributed by atoms with Crippen molar-refractivity contribution in [3.05, 3.63) is 12.7 Å². The molecule has 2 aliphatic rings. The second kappa shape index (κ2) is 5.22. The van der Waals surface area contributed by atoms with Gasteiger partial charge in [0.1, 0.15) is 5.88 Å². The molecule has 2 heterocycles. The first-order chi connectivity index (χ1) is 8.46. The molecule has 5 nitrogen and oxygen atoms in total. The van der Waals surface area contributed by atoms with E-state index in [1.807, 2.05) is 4.90 Å². The largest absolute Gasteiger partial charge is 0.342 e. The van der Waals surface area contributed by atoms with Crippen LogP contribution in [-0.4, -0.2) is 59.6 Å². The molecule has 0 unspecified atom stereocenters. The van der Waals surface area contributed by atoms with Crippen molar-refractivity contribution in [2.75, 3.05) is 23.9 Å². The van der Waals surface area contributed by atoms with Crippen LogP contribution in [0.3, 0.4) is 0 Å². The highest BCUT2D eigenvalue weighted by Gasteiger charge is 2.48. The normalized spacial score (nSPS) is 31.6. The summed E-state index contributed by atoms with van der Waals surface area (Å²) in [6.07, 6.45) is 1.68. The highest BCUT2D eigenvalue weighted by Crippen LogP contribution is 2.37. The highest BCUT2D eigenvalue weighted by atomic mass is 35.5. The first-order valence-electron chi connectivity index (χ1n) is 5.39. The zero-order valence-electron chi connectivity index (χ0n) is 9.58. The van der Waals surface area contributed by atoms with Gasteiger partial charge in [-0.2, -0.15) is 4.99 Å². The minimum absolute atomic E-state index is 0.0446. The Morgan fingerprint density at radius 2 is 2.33 bits per heavy atom. The summed E-state index contributed by atoms with van der Waals surface area (Å²) in [6.45, 7) is 4.13. The number of fused-ring (bicyclic) bond motifs is 1. The number of amides is 1. The minimum atomic E-state index is -2.98. The summed E-state index contributed by atoms with van der Waals surface area (Å²) in [5.74, 6) is -0.313. The molecule has 0 aromatic carbocycles. The van der Waals surface area contributed by atoms with Gasteiger partial charge in [-0.3, -0.25) is 4.79 Å². The van der Waals surface area contributed by atoms with Crippen LogP contribution in [0.4, 0.5) is 0 Å². The van der Waals surface area contributed by atoms with Crippen LogP contribution in [0.1, 0.15) is 0 Å². The lowest BCUT2D eigenvalue weighted by atomic mass is 10.2. The summed E-state index contributed by atoms with van der Waals surface area (Å²) in [6, 6.07) is -0.111. The van der Waals surface area contributed by atoms with Crippen molar-refractivity contribution in [1.29, 1.82) is 0 Å². The van der Waals surface area contributed by atoms with E-state index in [-0.39, 0.29) is 28.7 Å². The maximum atomic E-state index is 11.6. The summed E-state index contributed by atoms with van der Waals surface area (Å²) in [5, 5.41) is 0.516. The molecule has 0 bridgehead atoms. The van der Waals surface area contributed by atoms with Gasteiger partial charge in [-0.15, -0.1) is 18.2 Å². The maximum absolute atomic E-state index is 11.6. The second-order valence-electron chi connectivity index (χ2n) is 4.16. The Morgan fingerprint density at radius 1 is 1.61 bits per heavy atom. The summed E-state index contributed by atoms with van der Waals surface area (Å²) >= 11 is 6.77. The fraction of sp³-hybridized carbons (Fsp3) is 0.600. The molecule has 0 aromatic rings. The number of carbonyl (C=O) groups excluding carboxylic acids is 1. The van der Waals surface area contributed by atoms with E-state index in [1.54, 1.807) is 6.08 Å². The number of hydrogen-bond acceptors (Lipinski definition) is 4. The standard InChI is InChI=1S/C10H13ClN2O3S2/c1-2-3-13-7-5-18(15,16)6-8(7)17-10(13)12-9(14)4-11/h2,7-8H,1,3-6H2/t7-,8-/m0/s1. The third kappa shape index (κ3) is 2.73. The lowest BCUT2D eigenvalue weighted by Gasteiger charge is -2.22. The Hall–Kier alpha value is -0.530. The predicted molar refractivity (Wildman–Crippen MR) is 73.9 cm³/mol. The average Bonchev–Trinajstić information content (AvgIpc) is 2.73. The van der Waals surface area contributed by atoms with Crippen molar-refractivity contribution in [1.82, 2.24) is 4.90 Å². The number of alkyl halides is 1. The summed E-state index contributed by atoms with van der Waals surface area (Å²) < 4.78 is 23.2. The smallest absolute Gasteiger partial charge is 0.262 e. The van der Waals surface area contributed by atoms with Crippen molar-refractivity contribution in [3.63, 3.8) is 0 Å². The van der Waals surface area contributed by atoms with Gasteiger partial charge in [0.05, 0.1) is 17.5 Å². The van der Waals surface area contributed by atoms with Crippen LogP contribution in [0.2, 0.25) is 0 Å². The fourth-order valence-corrected chi connectivity index (χ4v) is 6.16. The van der Waals surface area contributed by atoms with E-state index in [9.17, 15) is 13.2 Å². The lowest BCUT2D eigenvalue weighted by molar-refractivity contribution is -0.115. The summed E-state index contributed by atoms with van der Waals surface area (Å²) in [5.41, 5.74) is 0. The summed E-state index contributed by atoms with van der Waals surface area (Å²) in [7, 11) is -2.98. The second-order valence-corrected chi connectivity index (χ2v) is 7.79. The van der Waals surface area contributed by atoms with Crippen LogP contribution in [0.15, 0.2) is 17.6 Å². The molecule has 2 rings (SSSR count). The monoisotopic (exact) mass is 308 g/mol. The number of amidine groups is 1. The summed E-state index contributed by atoms with van der Waals surface area (Å²) in [4.78, 5) is 17.0. The van der Waals surface area contributed by atoms with Gasteiger partial charge in [0.15, 0.2) is 15.0 Å². The van der Waals surface area contributed by atoms with Crippen molar-refractivity contribution in [3.8, 4) is 0 Å². The van der Waals surface area contributed by atoms with Crippen molar-refractivity contribution < 1.29 is 13.2 Å². The van der Waals surface area contributed by atoms with Gasteiger partial charge in [-0.25, -0.2) is 8.42 Å². The van der Waals surface area contributed by atoms with Gasteiger partial charge in [0, 0.05) is 11.8 Å². The lowest BCUT2D eigenvalue weighted by Crippen LogP contribution is -2.37.